The molecule has 4 heteroatoms. The Hall–Kier alpha value is -0.350. The van der Waals surface area contributed by atoms with Gasteiger partial charge >= 0.3 is 0 Å². The van der Waals surface area contributed by atoms with E-state index in [0.29, 0.717) is 10.5 Å². The maximum absolute atomic E-state index is 5.16. The second-order valence-electron chi connectivity index (χ2n) is 3.96. The van der Waals surface area contributed by atoms with Crippen molar-refractivity contribution in [1.82, 2.24) is 10.7 Å². The van der Waals surface area contributed by atoms with E-state index in [1.165, 1.54) is 25.7 Å². The van der Waals surface area contributed by atoms with Crippen molar-refractivity contribution in [3.63, 3.8) is 0 Å². The first-order valence-corrected chi connectivity index (χ1v) is 4.92. The SMILES string of the molecule is NNC(=S)NCC1(C2CC2)CC1. The van der Waals surface area contributed by atoms with Gasteiger partial charge in [0.15, 0.2) is 5.11 Å². The molecule has 2 saturated carbocycles. The second-order valence-corrected chi connectivity index (χ2v) is 4.37. The lowest BCUT2D eigenvalue weighted by atomic mass is 10.0. The van der Waals surface area contributed by atoms with Crippen molar-refractivity contribution >= 4 is 17.3 Å². The number of rotatable bonds is 3. The lowest BCUT2D eigenvalue weighted by molar-refractivity contribution is 0.433. The van der Waals surface area contributed by atoms with Gasteiger partial charge in [0, 0.05) is 6.54 Å². The van der Waals surface area contributed by atoms with Crippen LogP contribution < -0.4 is 16.6 Å². The Bertz CT molecular complexity index is 196. The average molecular weight is 185 g/mol. The van der Waals surface area contributed by atoms with Crippen molar-refractivity contribution in [2.24, 2.45) is 17.2 Å². The predicted molar refractivity (Wildman–Crippen MR) is 52.3 cm³/mol. The fourth-order valence-electron chi connectivity index (χ4n) is 1.89. The van der Waals surface area contributed by atoms with E-state index in [1.807, 2.05) is 0 Å². The molecule has 0 atom stereocenters. The Morgan fingerprint density at radius 1 is 1.50 bits per heavy atom. The number of hydrazine groups is 1. The molecule has 0 spiro atoms. The van der Waals surface area contributed by atoms with Crippen LogP contribution in [0.25, 0.3) is 0 Å². The van der Waals surface area contributed by atoms with Crippen LogP contribution in [0.15, 0.2) is 0 Å². The Morgan fingerprint density at radius 3 is 2.58 bits per heavy atom. The molecule has 0 aromatic carbocycles. The zero-order chi connectivity index (χ0) is 8.60. The van der Waals surface area contributed by atoms with Crippen LogP contribution in [0.1, 0.15) is 25.7 Å². The van der Waals surface area contributed by atoms with Gasteiger partial charge in [0.1, 0.15) is 0 Å². The average Bonchev–Trinajstić information content (AvgIpc) is 2.88. The number of nitrogens with one attached hydrogen (secondary N) is 2. The quantitative estimate of drug-likeness (QED) is 0.341. The fraction of sp³-hybridized carbons (Fsp3) is 0.875. The van der Waals surface area contributed by atoms with E-state index in [0.717, 1.165) is 12.5 Å². The summed E-state index contributed by atoms with van der Waals surface area (Å²) in [7, 11) is 0. The molecule has 2 aliphatic rings. The summed E-state index contributed by atoms with van der Waals surface area (Å²) in [5.41, 5.74) is 3.04. The number of thiocarbonyl (C=S) groups is 1. The van der Waals surface area contributed by atoms with Gasteiger partial charge in [-0.2, -0.15) is 0 Å². The van der Waals surface area contributed by atoms with Gasteiger partial charge < -0.3 is 10.7 Å². The van der Waals surface area contributed by atoms with Crippen molar-refractivity contribution in [3.8, 4) is 0 Å². The van der Waals surface area contributed by atoms with Gasteiger partial charge in [-0.1, -0.05) is 0 Å². The van der Waals surface area contributed by atoms with E-state index in [-0.39, 0.29) is 0 Å². The summed E-state index contributed by atoms with van der Waals surface area (Å²) < 4.78 is 0. The van der Waals surface area contributed by atoms with E-state index >= 15 is 0 Å². The van der Waals surface area contributed by atoms with Crippen LogP contribution in [0.4, 0.5) is 0 Å². The van der Waals surface area contributed by atoms with Crippen molar-refractivity contribution < 1.29 is 0 Å². The Kier molecular flexibility index (Phi) is 1.96. The van der Waals surface area contributed by atoms with Crippen LogP contribution in [0, 0.1) is 11.3 Å². The van der Waals surface area contributed by atoms with Gasteiger partial charge in [-0.25, -0.2) is 5.84 Å². The molecule has 3 nitrogen and oxygen atoms in total. The highest BCUT2D eigenvalue weighted by Gasteiger charge is 2.53. The highest BCUT2D eigenvalue weighted by molar-refractivity contribution is 7.80. The third-order valence-corrected chi connectivity index (χ3v) is 3.33. The lowest BCUT2D eigenvalue weighted by Gasteiger charge is -2.15. The minimum atomic E-state index is 0.571. The molecule has 12 heavy (non-hydrogen) atoms. The zero-order valence-corrected chi connectivity index (χ0v) is 7.91. The zero-order valence-electron chi connectivity index (χ0n) is 7.10. The maximum Gasteiger partial charge on any atom is 0.180 e. The topological polar surface area (TPSA) is 50.1 Å². The standard InChI is InChI=1S/C8H15N3S/c9-11-7(12)10-5-8(3-4-8)6-1-2-6/h6H,1-5,9H2,(H2,10,11,12). The van der Waals surface area contributed by atoms with Crippen molar-refractivity contribution in [1.29, 1.82) is 0 Å². The largest absolute Gasteiger partial charge is 0.361 e. The smallest absolute Gasteiger partial charge is 0.180 e. The molecule has 0 saturated heterocycles. The summed E-state index contributed by atoms with van der Waals surface area (Å²) in [5.74, 6) is 6.14. The van der Waals surface area contributed by atoms with Crippen molar-refractivity contribution in [2.45, 2.75) is 25.7 Å². The first kappa shape index (κ1) is 8.26. The van der Waals surface area contributed by atoms with Gasteiger partial charge in [-0.3, -0.25) is 0 Å². The van der Waals surface area contributed by atoms with Gasteiger partial charge in [-0.15, -0.1) is 0 Å². The van der Waals surface area contributed by atoms with E-state index < -0.39 is 0 Å². The van der Waals surface area contributed by atoms with Crippen LogP contribution in [-0.2, 0) is 0 Å². The molecule has 0 unspecified atom stereocenters. The van der Waals surface area contributed by atoms with Gasteiger partial charge in [0.25, 0.3) is 0 Å². The van der Waals surface area contributed by atoms with Crippen LogP contribution in [-0.4, -0.2) is 11.7 Å². The number of nitrogens with two attached hydrogens (primary N) is 1. The molecule has 2 fully saturated rings. The third-order valence-electron chi connectivity index (χ3n) is 3.07. The Morgan fingerprint density at radius 2 is 2.17 bits per heavy atom. The minimum Gasteiger partial charge on any atom is -0.361 e. The van der Waals surface area contributed by atoms with Crippen LogP contribution >= 0.6 is 12.2 Å². The number of hydrogen-bond donors (Lipinski definition) is 3. The van der Waals surface area contributed by atoms with Crippen LogP contribution in [0.2, 0.25) is 0 Å². The van der Waals surface area contributed by atoms with E-state index in [4.69, 9.17) is 18.1 Å². The first-order valence-electron chi connectivity index (χ1n) is 4.51. The predicted octanol–water partition coefficient (Wildman–Crippen LogP) is 0.514. The first-order chi connectivity index (χ1) is 5.77. The van der Waals surface area contributed by atoms with E-state index in [9.17, 15) is 0 Å². The molecule has 4 N–H and O–H groups in total. The molecule has 0 amide bonds. The van der Waals surface area contributed by atoms with Crippen molar-refractivity contribution in [2.75, 3.05) is 6.54 Å². The van der Waals surface area contributed by atoms with Crippen LogP contribution in [0.5, 0.6) is 0 Å². The van der Waals surface area contributed by atoms with E-state index in [2.05, 4.69) is 10.7 Å². The molecule has 0 radical (unpaired) electrons. The molecule has 0 aromatic rings. The molecule has 0 bridgehead atoms. The summed E-state index contributed by atoms with van der Waals surface area (Å²) in [5, 5.41) is 3.72. The highest BCUT2D eigenvalue weighted by Crippen LogP contribution is 2.60. The maximum atomic E-state index is 5.16. The molecule has 0 aromatic heterocycles. The molecule has 2 aliphatic carbocycles. The van der Waals surface area contributed by atoms with Crippen LogP contribution in [0.3, 0.4) is 0 Å². The molecule has 2 rings (SSSR count). The summed E-state index contributed by atoms with van der Waals surface area (Å²) >= 11 is 4.91. The summed E-state index contributed by atoms with van der Waals surface area (Å²) in [6.07, 6.45) is 5.59. The fourth-order valence-corrected chi connectivity index (χ4v) is 1.97. The normalized spacial score (nSPS) is 24.8. The third kappa shape index (κ3) is 1.54. The van der Waals surface area contributed by atoms with Crippen molar-refractivity contribution in [3.05, 3.63) is 0 Å². The number of hydrogen-bond acceptors (Lipinski definition) is 2. The molecular weight excluding hydrogens is 170 g/mol. The Labute approximate surface area is 78.1 Å². The highest BCUT2D eigenvalue weighted by atomic mass is 32.1. The molecule has 0 aliphatic heterocycles. The monoisotopic (exact) mass is 185 g/mol. The van der Waals surface area contributed by atoms with Gasteiger partial charge in [0.05, 0.1) is 0 Å². The lowest BCUT2D eigenvalue weighted by Crippen LogP contribution is -2.42. The summed E-state index contributed by atoms with van der Waals surface area (Å²) in [4.78, 5) is 0. The van der Waals surface area contributed by atoms with E-state index in [1.54, 1.807) is 0 Å². The summed E-state index contributed by atoms with van der Waals surface area (Å²) in [6, 6.07) is 0. The summed E-state index contributed by atoms with van der Waals surface area (Å²) in [6.45, 7) is 1.01. The minimum absolute atomic E-state index is 0.571. The molecule has 68 valence electrons. The van der Waals surface area contributed by atoms with Gasteiger partial charge in [-0.05, 0) is 49.2 Å². The second kappa shape index (κ2) is 2.85. The van der Waals surface area contributed by atoms with Gasteiger partial charge in [0.2, 0.25) is 0 Å². The Balaban J connectivity index is 1.75. The molecule has 0 heterocycles. The molecular formula is C8H15N3S.